The minimum Gasteiger partial charge on any atom is -0.368 e. The highest BCUT2D eigenvalue weighted by atomic mass is 16.1. The Morgan fingerprint density at radius 2 is 2.23 bits per heavy atom. The standard InChI is InChI=1S/C6H6N6O/c1-12-2-8-4-3(11-12)5(13)10-6(7)9-4/h2H,1H3,(H2,7,10,13). The first-order valence-electron chi connectivity index (χ1n) is 3.50. The average Bonchev–Trinajstić information content (AvgIpc) is 2.06. The van der Waals surface area contributed by atoms with Crippen molar-refractivity contribution in [3.63, 3.8) is 0 Å². The van der Waals surface area contributed by atoms with Crippen LogP contribution in [0.3, 0.4) is 0 Å². The van der Waals surface area contributed by atoms with Crippen molar-refractivity contribution in [3.05, 3.63) is 16.7 Å². The maximum Gasteiger partial charge on any atom is 0.304 e. The Balaban J connectivity index is 2.87. The average molecular weight is 178 g/mol. The molecule has 2 N–H and O–H groups in total. The molecule has 0 saturated heterocycles. The molecule has 0 amide bonds. The van der Waals surface area contributed by atoms with E-state index in [1.54, 1.807) is 7.05 Å². The Labute approximate surface area is 72.6 Å². The van der Waals surface area contributed by atoms with Crippen LogP contribution in [0.5, 0.6) is 0 Å². The number of rotatable bonds is 0. The molecule has 7 nitrogen and oxygen atoms in total. The van der Waals surface area contributed by atoms with Crippen molar-refractivity contribution in [2.45, 2.75) is 0 Å². The molecule has 0 saturated carbocycles. The van der Waals surface area contributed by atoms with E-state index in [-0.39, 0.29) is 17.5 Å². The van der Waals surface area contributed by atoms with Gasteiger partial charge in [0.25, 0.3) is 0 Å². The Morgan fingerprint density at radius 1 is 1.46 bits per heavy atom. The molecule has 2 rings (SSSR count). The molecule has 66 valence electrons. The van der Waals surface area contributed by atoms with Gasteiger partial charge in [-0.2, -0.15) is 15.1 Å². The van der Waals surface area contributed by atoms with Crippen LogP contribution in [0.25, 0.3) is 11.5 Å². The van der Waals surface area contributed by atoms with Gasteiger partial charge in [0.1, 0.15) is 6.33 Å². The Bertz CT molecular complexity index is 477. The van der Waals surface area contributed by atoms with Gasteiger partial charge in [0, 0.05) is 7.05 Å². The van der Waals surface area contributed by atoms with Crippen LogP contribution in [-0.2, 0) is 7.05 Å². The van der Waals surface area contributed by atoms with E-state index in [0.717, 1.165) is 0 Å². The lowest BCUT2D eigenvalue weighted by atomic mass is 10.4. The van der Waals surface area contributed by atoms with Gasteiger partial charge in [-0.1, -0.05) is 0 Å². The van der Waals surface area contributed by atoms with Gasteiger partial charge in [0.05, 0.1) is 0 Å². The summed E-state index contributed by atoms with van der Waals surface area (Å²) in [5, 5.41) is 3.88. The summed E-state index contributed by atoms with van der Waals surface area (Å²) in [6, 6.07) is 0. The number of anilines is 1. The van der Waals surface area contributed by atoms with Crippen molar-refractivity contribution >= 4 is 5.95 Å². The predicted octanol–water partition coefficient (Wildman–Crippen LogP) is -1.35. The monoisotopic (exact) mass is 178 g/mol. The van der Waals surface area contributed by atoms with Crippen LogP contribution in [-0.4, -0.2) is 24.7 Å². The van der Waals surface area contributed by atoms with Gasteiger partial charge in [-0.3, -0.25) is 9.48 Å². The zero-order valence-electron chi connectivity index (χ0n) is 6.80. The van der Waals surface area contributed by atoms with Crippen LogP contribution in [0, 0.1) is 0 Å². The lowest BCUT2D eigenvalue weighted by Gasteiger charge is -2.02. The van der Waals surface area contributed by atoms with Gasteiger partial charge in [0.15, 0.2) is 11.5 Å². The number of fused-ring (bicyclic) bond motifs is 1. The number of aromatic nitrogens is 5. The van der Waals surface area contributed by atoms with E-state index in [4.69, 9.17) is 5.73 Å². The van der Waals surface area contributed by atoms with Crippen LogP contribution in [0.4, 0.5) is 5.95 Å². The van der Waals surface area contributed by atoms with Gasteiger partial charge < -0.3 is 5.73 Å². The molecule has 0 fully saturated rings. The molecule has 0 radical (unpaired) electrons. The Hall–Kier alpha value is -2.05. The highest BCUT2D eigenvalue weighted by molar-refractivity contribution is 5.48. The molecule has 0 spiro atoms. The summed E-state index contributed by atoms with van der Waals surface area (Å²) in [6.07, 6.45) is 1.44. The molecule has 0 aromatic carbocycles. The molecular weight excluding hydrogens is 172 g/mol. The van der Waals surface area contributed by atoms with Crippen LogP contribution >= 0.6 is 0 Å². The van der Waals surface area contributed by atoms with Crippen LogP contribution in [0.1, 0.15) is 0 Å². The SMILES string of the molecule is Cn1cnc2nc(N)nc(=O)c-2n1. The summed E-state index contributed by atoms with van der Waals surface area (Å²) < 4.78 is 1.41. The van der Waals surface area contributed by atoms with E-state index in [2.05, 4.69) is 20.1 Å². The lowest BCUT2D eigenvalue weighted by molar-refractivity contribution is 0.705. The third-order valence-electron chi connectivity index (χ3n) is 1.46. The molecule has 0 aliphatic carbocycles. The molecule has 0 atom stereocenters. The van der Waals surface area contributed by atoms with Crippen LogP contribution < -0.4 is 11.3 Å². The number of hydrogen-bond donors (Lipinski definition) is 1. The quantitative estimate of drug-likeness (QED) is 0.535. The fourth-order valence-corrected chi connectivity index (χ4v) is 0.938. The van der Waals surface area contributed by atoms with Crippen molar-refractivity contribution in [3.8, 4) is 11.5 Å². The maximum atomic E-state index is 11.2. The normalized spacial score (nSPS) is 10.5. The largest absolute Gasteiger partial charge is 0.368 e. The van der Waals surface area contributed by atoms with Crippen molar-refractivity contribution in [1.82, 2.24) is 24.7 Å². The maximum absolute atomic E-state index is 11.2. The predicted molar refractivity (Wildman–Crippen MR) is 43.9 cm³/mol. The third-order valence-corrected chi connectivity index (χ3v) is 1.46. The first-order valence-corrected chi connectivity index (χ1v) is 3.50. The first kappa shape index (κ1) is 7.59. The zero-order valence-corrected chi connectivity index (χ0v) is 6.80. The smallest absolute Gasteiger partial charge is 0.304 e. The lowest BCUT2D eigenvalue weighted by Crippen LogP contribution is -2.19. The molecule has 2 aliphatic heterocycles. The molecular formula is C6H6N6O. The first-order chi connectivity index (χ1) is 6.16. The topological polar surface area (TPSA) is 99.6 Å². The van der Waals surface area contributed by atoms with E-state index in [1.807, 2.05) is 0 Å². The number of nitrogens with zero attached hydrogens (tertiary/aromatic N) is 5. The number of hydrogen-bond acceptors (Lipinski definition) is 6. The Kier molecular flexibility index (Phi) is 1.44. The molecule has 13 heavy (non-hydrogen) atoms. The highest BCUT2D eigenvalue weighted by Crippen LogP contribution is 2.05. The van der Waals surface area contributed by atoms with Crippen molar-refractivity contribution < 1.29 is 0 Å². The molecule has 0 bridgehead atoms. The van der Waals surface area contributed by atoms with Crippen molar-refractivity contribution in [2.75, 3.05) is 5.73 Å². The van der Waals surface area contributed by atoms with Gasteiger partial charge in [-0.25, -0.2) is 4.98 Å². The summed E-state index contributed by atoms with van der Waals surface area (Å²) in [4.78, 5) is 22.3. The molecule has 7 heteroatoms. The molecule has 0 unspecified atom stereocenters. The van der Waals surface area contributed by atoms with Crippen molar-refractivity contribution in [2.24, 2.45) is 7.05 Å². The fourth-order valence-electron chi connectivity index (χ4n) is 0.938. The summed E-state index contributed by atoms with van der Waals surface area (Å²) in [7, 11) is 1.65. The highest BCUT2D eigenvalue weighted by Gasteiger charge is 2.12. The summed E-state index contributed by atoms with van der Waals surface area (Å²) in [5.74, 6) is 0.135. The van der Waals surface area contributed by atoms with Gasteiger partial charge in [-0.05, 0) is 0 Å². The van der Waals surface area contributed by atoms with E-state index >= 15 is 0 Å². The minimum atomic E-state index is -0.508. The second-order valence-corrected chi connectivity index (χ2v) is 2.48. The minimum absolute atomic E-state index is 0.0827. The van der Waals surface area contributed by atoms with Crippen LogP contribution in [0.2, 0.25) is 0 Å². The molecule has 0 aromatic rings. The summed E-state index contributed by atoms with van der Waals surface area (Å²) in [5.41, 5.74) is 4.88. The van der Waals surface area contributed by atoms with E-state index in [1.165, 1.54) is 11.0 Å². The molecule has 2 aliphatic rings. The summed E-state index contributed by atoms with van der Waals surface area (Å²) >= 11 is 0. The third kappa shape index (κ3) is 1.19. The number of aryl methyl sites for hydroxylation is 1. The van der Waals surface area contributed by atoms with Gasteiger partial charge >= 0.3 is 5.56 Å². The van der Waals surface area contributed by atoms with E-state index in [9.17, 15) is 4.79 Å². The second kappa shape index (κ2) is 2.47. The summed E-state index contributed by atoms with van der Waals surface area (Å²) in [6.45, 7) is 0. The fraction of sp³-hybridized carbons (Fsp3) is 0.167. The molecule has 2 heterocycles. The van der Waals surface area contributed by atoms with E-state index in [0.29, 0.717) is 0 Å². The second-order valence-electron chi connectivity index (χ2n) is 2.48. The Morgan fingerprint density at radius 3 is 3.00 bits per heavy atom. The molecule has 0 aromatic heterocycles. The van der Waals surface area contributed by atoms with Gasteiger partial charge in [0.2, 0.25) is 5.95 Å². The van der Waals surface area contributed by atoms with Crippen LogP contribution in [0.15, 0.2) is 11.1 Å². The zero-order chi connectivity index (χ0) is 9.42. The number of nitrogen functional groups attached to an aromatic ring is 1. The number of nitrogens with two attached hydrogens (primary N) is 1. The van der Waals surface area contributed by atoms with E-state index < -0.39 is 5.56 Å². The van der Waals surface area contributed by atoms with Gasteiger partial charge in [-0.15, -0.1) is 0 Å². The van der Waals surface area contributed by atoms with Crippen molar-refractivity contribution in [1.29, 1.82) is 0 Å².